The molecule has 0 bridgehead atoms. The largest absolute Gasteiger partial charge is 0.355 e. The molecule has 198 valence electrons. The summed E-state index contributed by atoms with van der Waals surface area (Å²) >= 11 is 0. The van der Waals surface area contributed by atoms with E-state index in [2.05, 4.69) is 27.2 Å². The zero-order valence-corrected chi connectivity index (χ0v) is 23.3. The summed E-state index contributed by atoms with van der Waals surface area (Å²) < 4.78 is 28.1. The fraction of sp³-hybridized carbons (Fsp3) is 0.267. The maximum absolute atomic E-state index is 13.4. The van der Waals surface area contributed by atoms with E-state index >= 15 is 0 Å². The fourth-order valence-electron chi connectivity index (χ4n) is 3.18. The Morgan fingerprint density at radius 1 is 0.789 bits per heavy atom. The minimum absolute atomic E-state index is 0.0500. The van der Waals surface area contributed by atoms with Crippen molar-refractivity contribution in [2.75, 3.05) is 10.6 Å². The Morgan fingerprint density at radius 3 is 2.05 bits per heavy atom. The van der Waals surface area contributed by atoms with Gasteiger partial charge in [-0.25, -0.2) is 13.1 Å². The number of carbonyl (C=O) groups is 2. The number of nitrogens with one attached hydrogen (secondary N) is 3. The van der Waals surface area contributed by atoms with Crippen LogP contribution in [-0.4, -0.2) is 20.2 Å². The summed E-state index contributed by atoms with van der Waals surface area (Å²) in [6.07, 6.45) is 0. The molecular weight excluding hydrogens is 498 g/mol. The van der Waals surface area contributed by atoms with Crippen molar-refractivity contribution < 1.29 is 18.0 Å². The predicted molar refractivity (Wildman–Crippen MR) is 152 cm³/mol. The van der Waals surface area contributed by atoms with Crippen LogP contribution >= 0.6 is 0 Å². The van der Waals surface area contributed by atoms with Crippen molar-refractivity contribution in [1.29, 1.82) is 0 Å². The van der Waals surface area contributed by atoms with Crippen LogP contribution in [0.2, 0.25) is 0 Å². The van der Waals surface area contributed by atoms with Gasteiger partial charge >= 0.3 is 0 Å². The quantitative estimate of drug-likeness (QED) is 0.342. The first kappa shape index (κ1) is 28.5. The van der Waals surface area contributed by atoms with Crippen LogP contribution in [0.5, 0.6) is 0 Å². The van der Waals surface area contributed by atoms with Crippen LogP contribution in [0.4, 0.5) is 17.1 Å². The summed E-state index contributed by atoms with van der Waals surface area (Å²) in [4.78, 5) is 25.6. The number of sulfonamides is 1. The zero-order chi connectivity index (χ0) is 28.1. The third-order valence-corrected chi connectivity index (χ3v) is 6.62. The van der Waals surface area contributed by atoms with E-state index < -0.39 is 27.3 Å². The van der Waals surface area contributed by atoms with Gasteiger partial charge in [-0.05, 0) is 63.2 Å². The minimum atomic E-state index is -4.24. The van der Waals surface area contributed by atoms with Crippen LogP contribution in [0.15, 0.2) is 77.7 Å². The van der Waals surface area contributed by atoms with Gasteiger partial charge in [0.1, 0.15) is 4.90 Å². The first-order valence-corrected chi connectivity index (χ1v) is 13.6. The molecule has 0 unspecified atom stereocenters. The number of amides is 2. The van der Waals surface area contributed by atoms with E-state index in [4.69, 9.17) is 0 Å². The Bertz CT molecular complexity index is 1500. The molecule has 0 saturated heterocycles. The summed E-state index contributed by atoms with van der Waals surface area (Å²) in [5.41, 5.74) is 1.24. The highest BCUT2D eigenvalue weighted by Crippen LogP contribution is 2.27. The van der Waals surface area contributed by atoms with Crippen LogP contribution in [0.1, 0.15) is 57.5 Å². The predicted octanol–water partition coefficient (Wildman–Crippen LogP) is 5.93. The second-order valence-electron chi connectivity index (χ2n) is 10.9. The molecule has 3 rings (SSSR count). The summed E-state index contributed by atoms with van der Waals surface area (Å²) in [6, 6.07) is 20.5. The van der Waals surface area contributed by atoms with Crippen molar-refractivity contribution in [3.8, 4) is 11.8 Å². The average molecular weight is 532 g/mol. The monoisotopic (exact) mass is 531 g/mol. The van der Waals surface area contributed by atoms with Gasteiger partial charge in [-0.2, -0.15) is 0 Å². The van der Waals surface area contributed by atoms with Crippen LogP contribution < -0.4 is 15.4 Å². The molecule has 8 heteroatoms. The molecule has 0 spiro atoms. The molecule has 0 heterocycles. The van der Waals surface area contributed by atoms with Gasteiger partial charge in [0.05, 0.1) is 16.9 Å². The Balaban J connectivity index is 1.99. The normalized spacial score (nSPS) is 11.6. The zero-order valence-electron chi connectivity index (χ0n) is 22.5. The van der Waals surface area contributed by atoms with E-state index in [1.807, 2.05) is 51.1 Å². The van der Waals surface area contributed by atoms with Gasteiger partial charge in [-0.1, -0.05) is 62.9 Å². The Kier molecular flexibility index (Phi) is 8.33. The van der Waals surface area contributed by atoms with E-state index in [-0.39, 0.29) is 16.0 Å². The van der Waals surface area contributed by atoms with Gasteiger partial charge < -0.3 is 10.6 Å². The molecule has 7 nitrogen and oxygen atoms in total. The number of hydrogen-bond acceptors (Lipinski definition) is 5. The molecule has 38 heavy (non-hydrogen) atoms. The molecular formula is C30H33N3O4S. The van der Waals surface area contributed by atoms with Crippen LogP contribution in [0.3, 0.4) is 0 Å². The second-order valence-corrected chi connectivity index (χ2v) is 12.5. The summed E-state index contributed by atoms with van der Waals surface area (Å²) in [7, 11) is -4.24. The van der Waals surface area contributed by atoms with Gasteiger partial charge in [0.2, 0.25) is 5.91 Å². The van der Waals surface area contributed by atoms with Gasteiger partial charge in [0.15, 0.2) is 0 Å². The maximum Gasteiger partial charge on any atom is 0.266 e. The molecule has 0 atom stereocenters. The van der Waals surface area contributed by atoms with Gasteiger partial charge in [0, 0.05) is 22.1 Å². The number of rotatable bonds is 6. The van der Waals surface area contributed by atoms with Crippen LogP contribution in [0, 0.1) is 22.7 Å². The van der Waals surface area contributed by atoms with Crippen LogP contribution in [-0.2, 0) is 14.8 Å². The van der Waals surface area contributed by atoms with Gasteiger partial charge in [-0.3, -0.25) is 9.59 Å². The Hall–Kier alpha value is -4.09. The molecule has 3 aromatic carbocycles. The van der Waals surface area contributed by atoms with E-state index in [0.29, 0.717) is 11.3 Å². The van der Waals surface area contributed by atoms with E-state index in [0.717, 1.165) is 11.3 Å². The highest BCUT2D eigenvalue weighted by Gasteiger charge is 2.29. The summed E-state index contributed by atoms with van der Waals surface area (Å²) in [6.45, 7) is 10.9. The van der Waals surface area contributed by atoms with Crippen molar-refractivity contribution in [1.82, 2.24) is 4.72 Å². The summed E-state index contributed by atoms with van der Waals surface area (Å²) in [5, 5.41) is 5.96. The first-order chi connectivity index (χ1) is 17.7. The molecule has 0 saturated carbocycles. The third-order valence-electron chi connectivity index (χ3n) is 5.23. The van der Waals surface area contributed by atoms with Crippen molar-refractivity contribution in [2.45, 2.75) is 46.4 Å². The first-order valence-electron chi connectivity index (χ1n) is 12.1. The average Bonchev–Trinajstić information content (AvgIpc) is 2.82. The lowest BCUT2D eigenvalue weighted by Gasteiger charge is -2.19. The number of anilines is 3. The molecule has 0 aromatic heterocycles. The summed E-state index contributed by atoms with van der Waals surface area (Å²) in [5.74, 6) is 5.16. The SMILES string of the molecule is CC(C)(C)C#Cc1ccc(C(=O)Nc2ccccc2S(=O)(=O)NC(=O)C(C)(C)C)c(Nc2ccccc2)c1. The Labute approximate surface area is 225 Å². The molecule has 0 radical (unpaired) electrons. The topological polar surface area (TPSA) is 104 Å². The molecule has 0 aliphatic rings. The standard InChI is InChI=1S/C30H33N3O4S/c1-29(2,3)19-18-21-16-17-23(25(20-21)31-22-12-8-7-9-13-22)27(34)32-24-14-10-11-15-26(24)38(36,37)33-28(35)30(4,5)6/h7-17,20,31H,1-6H3,(H,32,34)(H,33,35). The number of carbonyl (C=O) groups excluding carboxylic acids is 2. The number of para-hydroxylation sites is 2. The molecule has 0 aliphatic carbocycles. The highest BCUT2D eigenvalue weighted by atomic mass is 32.2. The van der Waals surface area contributed by atoms with E-state index in [1.165, 1.54) is 18.2 Å². The lowest BCUT2D eigenvalue weighted by molar-refractivity contribution is -0.126. The number of benzene rings is 3. The van der Waals surface area contributed by atoms with Crippen LogP contribution in [0.25, 0.3) is 0 Å². The minimum Gasteiger partial charge on any atom is -0.355 e. The molecule has 0 fully saturated rings. The molecule has 2 amide bonds. The maximum atomic E-state index is 13.4. The fourth-order valence-corrected chi connectivity index (χ4v) is 4.51. The van der Waals surface area contributed by atoms with Crippen molar-refractivity contribution in [3.05, 3.63) is 83.9 Å². The smallest absolute Gasteiger partial charge is 0.266 e. The van der Waals surface area contributed by atoms with Gasteiger partial charge in [-0.15, -0.1) is 0 Å². The number of hydrogen-bond donors (Lipinski definition) is 3. The second kappa shape index (κ2) is 11.1. The van der Waals surface area contributed by atoms with E-state index in [1.54, 1.807) is 45.0 Å². The van der Waals surface area contributed by atoms with Crippen molar-refractivity contribution >= 4 is 38.9 Å². The molecule has 3 N–H and O–H groups in total. The molecule has 3 aromatic rings. The van der Waals surface area contributed by atoms with Crippen molar-refractivity contribution in [2.24, 2.45) is 10.8 Å². The van der Waals surface area contributed by atoms with Gasteiger partial charge in [0.25, 0.3) is 15.9 Å². The lowest BCUT2D eigenvalue weighted by atomic mass is 9.96. The van der Waals surface area contributed by atoms with Crippen molar-refractivity contribution in [3.63, 3.8) is 0 Å². The Morgan fingerprint density at radius 2 is 1.42 bits per heavy atom. The third kappa shape index (κ3) is 7.70. The lowest BCUT2D eigenvalue weighted by Crippen LogP contribution is -2.39. The highest BCUT2D eigenvalue weighted by molar-refractivity contribution is 7.90. The van der Waals surface area contributed by atoms with E-state index in [9.17, 15) is 18.0 Å². The molecule has 0 aliphatic heterocycles.